The number of nitrogens with zero attached hydrogens (tertiary/aromatic N) is 1. The zero-order valence-corrected chi connectivity index (χ0v) is 19.0. The molecule has 5 heteroatoms. The Kier molecular flexibility index (Phi) is 5.70. The van der Waals surface area contributed by atoms with Crippen LogP contribution in [0.15, 0.2) is 85.1 Å². The van der Waals surface area contributed by atoms with Crippen LogP contribution in [-0.4, -0.2) is 16.8 Å². The Morgan fingerprint density at radius 3 is 2.47 bits per heavy atom. The van der Waals surface area contributed by atoms with E-state index < -0.39 is 6.04 Å². The van der Waals surface area contributed by atoms with Gasteiger partial charge in [-0.25, -0.2) is 0 Å². The van der Waals surface area contributed by atoms with Crippen LogP contribution in [0.5, 0.6) is 0 Å². The van der Waals surface area contributed by atoms with Crippen molar-refractivity contribution >= 4 is 45.4 Å². The number of benzene rings is 3. The Morgan fingerprint density at radius 1 is 0.971 bits per heavy atom. The number of pyridine rings is 1. The van der Waals surface area contributed by atoms with Gasteiger partial charge in [-0.15, -0.1) is 0 Å². The molecule has 5 nitrogen and oxygen atoms in total. The summed E-state index contributed by atoms with van der Waals surface area (Å²) in [7, 11) is 1.92. The fourth-order valence-corrected chi connectivity index (χ4v) is 4.45. The fourth-order valence-electron chi connectivity index (χ4n) is 4.45. The van der Waals surface area contributed by atoms with Gasteiger partial charge in [-0.1, -0.05) is 54.6 Å². The standard InChI is InChI=1S/C29H26N4O/c1-33-27-9-5-3-7-24(27)20(13-10-19-11-14-22(30)15-12-19)17-28(33)29(34)25(31)16-21-18-32-26-8-4-2-6-23(21)26/h2-15,17-18,25,30,32H,16,31H2,1H3/p+1. The SMILES string of the molecule is C[n+]1c(C(=O)C(N)Cc2c[nH]c3ccccc23)cc(C=Cc2ccc(N)cc2)c2ccccc21. The normalized spacial score (nSPS) is 12.5. The summed E-state index contributed by atoms with van der Waals surface area (Å²) in [6.45, 7) is 0. The molecular weight excluding hydrogens is 420 g/mol. The second kappa shape index (κ2) is 8.96. The van der Waals surface area contributed by atoms with Crippen LogP contribution in [0, 0.1) is 0 Å². The smallest absolute Gasteiger partial charge is 0.251 e. The van der Waals surface area contributed by atoms with Crippen molar-refractivity contribution in [3.05, 3.63) is 107 Å². The van der Waals surface area contributed by atoms with E-state index in [0.717, 1.165) is 44.2 Å². The van der Waals surface area contributed by atoms with E-state index in [1.165, 1.54) is 0 Å². The summed E-state index contributed by atoms with van der Waals surface area (Å²) < 4.78 is 1.94. The van der Waals surface area contributed by atoms with E-state index in [0.29, 0.717) is 12.1 Å². The number of nitrogens with two attached hydrogens (primary N) is 2. The number of carbonyl (C=O) groups excluding carboxylic acids is 1. The van der Waals surface area contributed by atoms with Crippen LogP contribution in [-0.2, 0) is 13.5 Å². The summed E-state index contributed by atoms with van der Waals surface area (Å²) >= 11 is 0. The minimum absolute atomic E-state index is 0.0827. The first-order valence-corrected chi connectivity index (χ1v) is 11.3. The minimum Gasteiger partial charge on any atom is -0.399 e. The minimum atomic E-state index is -0.652. The van der Waals surface area contributed by atoms with Crippen LogP contribution in [0.2, 0.25) is 0 Å². The van der Waals surface area contributed by atoms with E-state index in [1.807, 2.05) is 96.7 Å². The predicted molar refractivity (Wildman–Crippen MR) is 139 cm³/mol. The number of nitrogens with one attached hydrogen (secondary N) is 1. The number of aromatic nitrogens is 2. The third kappa shape index (κ3) is 4.09. The lowest BCUT2D eigenvalue weighted by atomic mass is 9.98. The van der Waals surface area contributed by atoms with Gasteiger partial charge in [-0.05, 0) is 47.4 Å². The van der Waals surface area contributed by atoms with Crippen molar-refractivity contribution in [3.63, 3.8) is 0 Å². The van der Waals surface area contributed by atoms with Crippen molar-refractivity contribution in [1.82, 2.24) is 4.98 Å². The van der Waals surface area contributed by atoms with E-state index >= 15 is 0 Å². The third-order valence-electron chi connectivity index (χ3n) is 6.33. The van der Waals surface area contributed by atoms with Crippen molar-refractivity contribution in [2.24, 2.45) is 12.8 Å². The topological polar surface area (TPSA) is 88.8 Å². The first kappa shape index (κ1) is 21.6. The highest BCUT2D eigenvalue weighted by Crippen LogP contribution is 2.22. The maximum atomic E-state index is 13.5. The van der Waals surface area contributed by atoms with Crippen molar-refractivity contribution in [2.75, 3.05) is 5.73 Å². The maximum Gasteiger partial charge on any atom is 0.251 e. The highest BCUT2D eigenvalue weighted by molar-refractivity contribution is 6.00. The molecule has 0 saturated carbocycles. The lowest BCUT2D eigenvalue weighted by Crippen LogP contribution is -2.43. The van der Waals surface area contributed by atoms with Crippen LogP contribution in [0.3, 0.4) is 0 Å². The molecule has 5 rings (SSSR count). The molecule has 0 aliphatic carbocycles. The molecule has 0 saturated heterocycles. The summed E-state index contributed by atoms with van der Waals surface area (Å²) in [5, 5.41) is 2.17. The van der Waals surface area contributed by atoms with Crippen LogP contribution in [0.4, 0.5) is 5.69 Å². The summed E-state index contributed by atoms with van der Waals surface area (Å²) in [6.07, 6.45) is 6.47. The number of anilines is 1. The average molecular weight is 448 g/mol. The molecule has 2 heterocycles. The molecule has 2 aromatic heterocycles. The Morgan fingerprint density at radius 2 is 1.68 bits per heavy atom. The molecule has 0 aliphatic rings. The molecule has 0 radical (unpaired) electrons. The van der Waals surface area contributed by atoms with Gasteiger partial charge in [0.15, 0.2) is 0 Å². The van der Waals surface area contributed by atoms with Gasteiger partial charge in [-0.3, -0.25) is 4.79 Å². The molecule has 5 N–H and O–H groups in total. The van der Waals surface area contributed by atoms with Crippen molar-refractivity contribution < 1.29 is 9.36 Å². The summed E-state index contributed by atoms with van der Waals surface area (Å²) in [5.74, 6) is -0.0827. The van der Waals surface area contributed by atoms with E-state index in [1.54, 1.807) is 0 Å². The van der Waals surface area contributed by atoms with E-state index in [4.69, 9.17) is 11.5 Å². The number of hydrogen-bond donors (Lipinski definition) is 3. The van der Waals surface area contributed by atoms with E-state index in [-0.39, 0.29) is 5.78 Å². The van der Waals surface area contributed by atoms with Crippen LogP contribution < -0.4 is 16.0 Å². The highest BCUT2D eigenvalue weighted by atomic mass is 16.1. The molecule has 5 aromatic rings. The number of rotatable bonds is 6. The zero-order valence-electron chi connectivity index (χ0n) is 19.0. The lowest BCUT2D eigenvalue weighted by Gasteiger charge is -2.11. The quantitative estimate of drug-likeness (QED) is 0.201. The Labute approximate surface area is 198 Å². The third-order valence-corrected chi connectivity index (χ3v) is 6.33. The first-order chi connectivity index (χ1) is 16.5. The number of fused-ring (bicyclic) bond motifs is 2. The number of hydrogen-bond acceptors (Lipinski definition) is 3. The van der Waals surface area contributed by atoms with Crippen molar-refractivity contribution in [1.29, 1.82) is 0 Å². The lowest BCUT2D eigenvalue weighted by molar-refractivity contribution is -0.647. The number of ketones is 1. The van der Waals surface area contributed by atoms with Crippen molar-refractivity contribution in [3.8, 4) is 0 Å². The Bertz CT molecular complexity index is 1530. The van der Waals surface area contributed by atoms with Gasteiger partial charge in [0.1, 0.15) is 7.05 Å². The number of aromatic amines is 1. The number of H-pyrrole nitrogens is 1. The van der Waals surface area contributed by atoms with Crippen LogP contribution in [0.25, 0.3) is 34.0 Å². The van der Waals surface area contributed by atoms with Gasteiger partial charge in [0.2, 0.25) is 11.3 Å². The van der Waals surface area contributed by atoms with Gasteiger partial charge in [0.05, 0.1) is 11.4 Å². The fraction of sp³-hybridized carbons (Fsp3) is 0.103. The number of Topliss-reactive ketones (excluding diaryl/α,β-unsaturated/α-hetero) is 1. The second-order valence-electron chi connectivity index (χ2n) is 8.60. The summed E-state index contributed by atoms with van der Waals surface area (Å²) in [6, 6.07) is 25.1. The number of nitrogen functional groups attached to an aromatic ring is 1. The molecule has 1 unspecified atom stereocenters. The van der Waals surface area contributed by atoms with Gasteiger partial charge in [0.25, 0.3) is 5.69 Å². The molecule has 0 fully saturated rings. The number of aryl methyl sites for hydroxylation is 1. The van der Waals surface area contributed by atoms with E-state index in [9.17, 15) is 4.79 Å². The van der Waals surface area contributed by atoms with Gasteiger partial charge < -0.3 is 16.5 Å². The number of para-hydroxylation sites is 2. The molecule has 0 spiro atoms. The molecule has 34 heavy (non-hydrogen) atoms. The monoisotopic (exact) mass is 447 g/mol. The average Bonchev–Trinajstić information content (AvgIpc) is 3.27. The van der Waals surface area contributed by atoms with Crippen LogP contribution >= 0.6 is 0 Å². The van der Waals surface area contributed by atoms with Crippen LogP contribution in [0.1, 0.15) is 27.2 Å². The molecule has 0 aliphatic heterocycles. The molecular formula is C29H27N4O+. The molecule has 0 amide bonds. The first-order valence-electron chi connectivity index (χ1n) is 11.3. The summed E-state index contributed by atoms with van der Waals surface area (Å²) in [4.78, 5) is 16.8. The van der Waals surface area contributed by atoms with Gasteiger partial charge >= 0.3 is 0 Å². The maximum absolute atomic E-state index is 13.5. The molecule has 3 aromatic carbocycles. The highest BCUT2D eigenvalue weighted by Gasteiger charge is 2.27. The van der Waals surface area contributed by atoms with Crippen molar-refractivity contribution in [2.45, 2.75) is 12.5 Å². The largest absolute Gasteiger partial charge is 0.399 e. The van der Waals surface area contributed by atoms with Gasteiger partial charge in [0, 0.05) is 34.9 Å². The molecule has 1 atom stereocenters. The summed E-state index contributed by atoms with van der Waals surface area (Å²) in [5.41, 5.74) is 18.7. The molecule has 168 valence electrons. The van der Waals surface area contributed by atoms with Gasteiger partial charge in [-0.2, -0.15) is 4.57 Å². The zero-order chi connectivity index (χ0) is 23.7. The number of carbonyl (C=O) groups is 1. The molecule has 0 bridgehead atoms. The second-order valence-corrected chi connectivity index (χ2v) is 8.60. The van der Waals surface area contributed by atoms with E-state index in [2.05, 4.69) is 17.1 Å². The Hall–Kier alpha value is -4.22. The Balaban J connectivity index is 1.51. The predicted octanol–water partition coefficient (Wildman–Crippen LogP) is 4.65.